The van der Waals surface area contributed by atoms with Gasteiger partial charge in [-0.3, -0.25) is 9.59 Å². The van der Waals surface area contributed by atoms with Crippen LogP contribution < -0.4 is 5.32 Å². The van der Waals surface area contributed by atoms with Crippen molar-refractivity contribution in [2.75, 3.05) is 13.2 Å². The Hall–Kier alpha value is -1.40. The molecule has 6 nitrogen and oxygen atoms in total. The normalized spacial score (nSPS) is 12.6. The molecule has 6 heteroatoms. The lowest BCUT2D eigenvalue weighted by atomic mass is 10.0. The van der Waals surface area contributed by atoms with Crippen LogP contribution >= 0.6 is 0 Å². The van der Waals surface area contributed by atoms with Gasteiger partial charge >= 0.3 is 5.97 Å². The van der Waals surface area contributed by atoms with Crippen LogP contribution in [0.15, 0.2) is 12.2 Å². The zero-order chi connectivity index (χ0) is 47.2. The van der Waals surface area contributed by atoms with Crippen LogP contribution in [0, 0.1) is 0 Å². The molecule has 2 unspecified atom stereocenters. The maximum absolute atomic E-state index is 12.4. The van der Waals surface area contributed by atoms with Gasteiger partial charge in [-0.15, -0.1) is 0 Å². The predicted molar refractivity (Wildman–Crippen MR) is 283 cm³/mol. The van der Waals surface area contributed by atoms with Gasteiger partial charge in [0.1, 0.15) is 0 Å². The molecule has 0 bridgehead atoms. The number of esters is 1. The molecule has 0 heterocycles. The summed E-state index contributed by atoms with van der Waals surface area (Å²) in [5.74, 6) is -0.0221. The Morgan fingerprint density at radius 3 is 1.09 bits per heavy atom. The zero-order valence-corrected chi connectivity index (χ0v) is 44.0. The van der Waals surface area contributed by atoms with Gasteiger partial charge < -0.3 is 20.3 Å². The molecule has 3 N–H and O–H groups in total. The quantitative estimate of drug-likeness (QED) is 0.0321. The van der Waals surface area contributed by atoms with E-state index in [1.54, 1.807) is 0 Å². The number of aliphatic hydroxyl groups excluding tert-OH is 2. The third kappa shape index (κ3) is 51.8. The molecule has 0 aliphatic heterocycles. The molecule has 0 spiro atoms. The number of hydrogen-bond donors (Lipinski definition) is 3. The molecule has 386 valence electrons. The number of unbranched alkanes of at least 4 members (excludes halogenated alkanes) is 42. The van der Waals surface area contributed by atoms with Crippen LogP contribution in [0.3, 0.4) is 0 Å². The highest BCUT2D eigenvalue weighted by Gasteiger charge is 2.20. The number of carbonyl (C=O) groups is 2. The number of amides is 1. The monoisotopic (exact) mass is 918 g/mol. The molecule has 0 aliphatic carbocycles. The van der Waals surface area contributed by atoms with Gasteiger partial charge in [-0.25, -0.2) is 0 Å². The lowest BCUT2D eigenvalue weighted by molar-refractivity contribution is -0.143. The highest BCUT2D eigenvalue weighted by Crippen LogP contribution is 2.17. The minimum atomic E-state index is -0.662. The number of rotatable bonds is 55. The molecule has 1 amide bonds. The molecule has 0 aromatic heterocycles. The van der Waals surface area contributed by atoms with E-state index in [9.17, 15) is 19.8 Å². The standard InChI is InChI=1S/C59H115NO5/c1-3-5-7-9-11-13-14-29-33-37-41-45-49-53-59(64)65-54-50-46-42-38-34-31-28-26-24-22-20-18-16-15-17-19-21-23-25-27-30-32-36-40-44-48-52-58(63)60-56(55-61)57(62)51-47-43-39-35-12-10-8-6-4-2/h15,17,56-57,61-62H,3-14,16,18-55H2,1-2H3,(H,60,63)/b17-15-. The van der Waals surface area contributed by atoms with E-state index in [2.05, 4.69) is 31.3 Å². The van der Waals surface area contributed by atoms with Crippen LogP contribution in [-0.2, 0) is 14.3 Å². The largest absolute Gasteiger partial charge is 0.466 e. The number of ether oxygens (including phenoxy) is 1. The summed E-state index contributed by atoms with van der Waals surface area (Å²) in [5.41, 5.74) is 0. The molecule has 0 rings (SSSR count). The average Bonchev–Trinajstić information content (AvgIpc) is 3.31. The highest BCUT2D eigenvalue weighted by molar-refractivity contribution is 5.76. The van der Waals surface area contributed by atoms with E-state index in [1.807, 2.05) is 0 Å². The summed E-state index contributed by atoms with van der Waals surface area (Å²) in [5, 5.41) is 23.1. The van der Waals surface area contributed by atoms with Crippen molar-refractivity contribution in [1.29, 1.82) is 0 Å². The molecule has 0 fully saturated rings. The van der Waals surface area contributed by atoms with E-state index in [4.69, 9.17) is 4.74 Å². The van der Waals surface area contributed by atoms with E-state index < -0.39 is 12.1 Å². The van der Waals surface area contributed by atoms with Gasteiger partial charge in [-0.05, 0) is 51.4 Å². The molecule has 0 radical (unpaired) electrons. The fourth-order valence-electron chi connectivity index (χ4n) is 9.28. The number of nitrogens with one attached hydrogen (secondary N) is 1. The van der Waals surface area contributed by atoms with Crippen molar-refractivity contribution in [3.05, 3.63) is 12.2 Å². The molecule has 0 saturated heterocycles. The third-order valence-corrected chi connectivity index (χ3v) is 13.8. The number of hydrogen-bond acceptors (Lipinski definition) is 5. The van der Waals surface area contributed by atoms with Crippen molar-refractivity contribution < 1.29 is 24.5 Å². The SMILES string of the molecule is CCCCCCCCCCCCCCCC(=O)OCCCCCCCCCCCCCC/C=C\CCCCCCCCCCCCC(=O)NC(CO)C(O)CCCCCCCCCCC. The van der Waals surface area contributed by atoms with E-state index in [0.717, 1.165) is 38.5 Å². The topological polar surface area (TPSA) is 95.9 Å². The van der Waals surface area contributed by atoms with Crippen LogP contribution in [0.2, 0.25) is 0 Å². The highest BCUT2D eigenvalue weighted by atomic mass is 16.5. The molecular weight excluding hydrogens is 803 g/mol. The van der Waals surface area contributed by atoms with E-state index in [-0.39, 0.29) is 18.5 Å². The van der Waals surface area contributed by atoms with Gasteiger partial charge in [0.15, 0.2) is 0 Å². The minimum absolute atomic E-state index is 0.0161. The third-order valence-electron chi connectivity index (χ3n) is 13.8. The molecule has 0 aromatic carbocycles. The van der Waals surface area contributed by atoms with Crippen LogP contribution in [0.5, 0.6) is 0 Å². The van der Waals surface area contributed by atoms with Crippen molar-refractivity contribution >= 4 is 11.9 Å². The first-order chi connectivity index (χ1) is 32.0. The van der Waals surface area contributed by atoms with Crippen molar-refractivity contribution in [3.8, 4) is 0 Å². The summed E-state index contributed by atoms with van der Waals surface area (Å²) in [6.07, 6.45) is 65.1. The first-order valence-electron chi connectivity index (χ1n) is 29.4. The molecule has 0 saturated carbocycles. The van der Waals surface area contributed by atoms with Gasteiger partial charge in [-0.2, -0.15) is 0 Å². The average molecular weight is 919 g/mol. The summed E-state index contributed by atoms with van der Waals surface area (Å²) in [7, 11) is 0. The van der Waals surface area contributed by atoms with Crippen molar-refractivity contribution in [2.24, 2.45) is 0 Å². The Kier molecular flexibility index (Phi) is 54.0. The van der Waals surface area contributed by atoms with Gasteiger partial charge in [0, 0.05) is 12.8 Å². The second-order valence-electron chi connectivity index (χ2n) is 20.3. The Balaban J connectivity index is 3.35. The fraction of sp³-hybridized carbons (Fsp3) is 0.932. The van der Waals surface area contributed by atoms with Gasteiger partial charge in [0.2, 0.25) is 5.91 Å². The van der Waals surface area contributed by atoms with Gasteiger partial charge in [0.25, 0.3) is 0 Å². The molecular formula is C59H115NO5. The minimum Gasteiger partial charge on any atom is -0.466 e. The van der Waals surface area contributed by atoms with Crippen molar-refractivity contribution in [3.63, 3.8) is 0 Å². The molecule has 0 aromatic rings. The number of carbonyl (C=O) groups excluding carboxylic acids is 2. The number of allylic oxidation sites excluding steroid dienone is 2. The van der Waals surface area contributed by atoms with E-state index in [1.165, 1.54) is 257 Å². The number of aliphatic hydroxyl groups is 2. The Labute approximate surface area is 406 Å². The lowest BCUT2D eigenvalue weighted by Gasteiger charge is -2.22. The van der Waals surface area contributed by atoms with Crippen molar-refractivity contribution in [1.82, 2.24) is 5.32 Å². The Bertz CT molecular complexity index is 970. The van der Waals surface area contributed by atoms with E-state index >= 15 is 0 Å². The molecule has 65 heavy (non-hydrogen) atoms. The summed E-state index contributed by atoms with van der Waals surface area (Å²) in [6.45, 7) is 4.95. The Morgan fingerprint density at radius 1 is 0.415 bits per heavy atom. The maximum atomic E-state index is 12.4. The van der Waals surface area contributed by atoms with Crippen molar-refractivity contribution in [2.45, 2.75) is 341 Å². The predicted octanol–water partition coefficient (Wildman–Crippen LogP) is 18.1. The van der Waals surface area contributed by atoms with Crippen LogP contribution in [0.4, 0.5) is 0 Å². The summed E-state index contributed by atoms with van der Waals surface area (Å²) in [4.78, 5) is 24.4. The maximum Gasteiger partial charge on any atom is 0.305 e. The lowest BCUT2D eigenvalue weighted by Crippen LogP contribution is -2.45. The summed E-state index contributed by atoms with van der Waals surface area (Å²) >= 11 is 0. The first-order valence-corrected chi connectivity index (χ1v) is 29.4. The summed E-state index contributed by atoms with van der Waals surface area (Å²) < 4.78 is 5.48. The second-order valence-corrected chi connectivity index (χ2v) is 20.3. The smallest absolute Gasteiger partial charge is 0.305 e. The molecule has 2 atom stereocenters. The Morgan fingerprint density at radius 2 is 0.723 bits per heavy atom. The second kappa shape index (κ2) is 55.2. The van der Waals surface area contributed by atoms with Crippen LogP contribution in [-0.4, -0.2) is 47.4 Å². The van der Waals surface area contributed by atoms with Crippen LogP contribution in [0.1, 0.15) is 328 Å². The van der Waals surface area contributed by atoms with E-state index in [0.29, 0.717) is 25.9 Å². The zero-order valence-electron chi connectivity index (χ0n) is 44.0. The first kappa shape index (κ1) is 63.6. The molecule has 0 aliphatic rings. The summed E-state index contributed by atoms with van der Waals surface area (Å²) in [6, 6.07) is -0.539. The van der Waals surface area contributed by atoms with Crippen LogP contribution in [0.25, 0.3) is 0 Å². The van der Waals surface area contributed by atoms with Gasteiger partial charge in [-0.1, -0.05) is 276 Å². The fourth-order valence-corrected chi connectivity index (χ4v) is 9.28. The van der Waals surface area contributed by atoms with Gasteiger partial charge in [0.05, 0.1) is 25.4 Å².